The molecule has 0 N–H and O–H groups in total. The van der Waals surface area contributed by atoms with E-state index in [0.717, 1.165) is 17.5 Å². The van der Waals surface area contributed by atoms with Crippen LogP contribution >= 0.6 is 0 Å². The summed E-state index contributed by atoms with van der Waals surface area (Å²) in [4.78, 5) is 27.7. The number of nitrogens with zero attached hydrogens (tertiary/aromatic N) is 7. The van der Waals surface area contributed by atoms with Gasteiger partial charge in [0.25, 0.3) is 0 Å². The van der Waals surface area contributed by atoms with Crippen molar-refractivity contribution in [2.75, 3.05) is 0 Å². The van der Waals surface area contributed by atoms with E-state index in [9.17, 15) is 0 Å². The third-order valence-electron chi connectivity index (χ3n) is 2.95. The summed E-state index contributed by atoms with van der Waals surface area (Å²) in [7, 11) is 0. The zero-order valence-corrected chi connectivity index (χ0v) is 11.9. The first-order valence-corrected chi connectivity index (χ1v) is 6.90. The Balaban J connectivity index is 1.75. The van der Waals surface area contributed by atoms with Crippen LogP contribution in [0.15, 0.2) is 55.4 Å². The first-order valence-electron chi connectivity index (χ1n) is 6.90. The maximum Gasteiger partial charge on any atom is 0.142 e. The lowest BCUT2D eigenvalue weighted by Gasteiger charge is -2.19. The van der Waals surface area contributed by atoms with E-state index in [-0.39, 0.29) is 0 Å². The standard InChI is InChI=1S/C15H15N7/c1-4-16-13(17-5-1)10-22(11-14-18-6-2-7-19-14)12-15-20-8-3-9-21-15/h1-9H,10-12H2. The van der Waals surface area contributed by atoms with Crippen molar-refractivity contribution in [3.8, 4) is 0 Å². The lowest BCUT2D eigenvalue weighted by Crippen LogP contribution is -2.25. The van der Waals surface area contributed by atoms with Crippen LogP contribution in [0.2, 0.25) is 0 Å². The molecule has 0 amide bonds. The zero-order valence-electron chi connectivity index (χ0n) is 11.9. The first kappa shape index (κ1) is 14.2. The second kappa shape index (κ2) is 7.28. The van der Waals surface area contributed by atoms with Gasteiger partial charge >= 0.3 is 0 Å². The van der Waals surface area contributed by atoms with Crippen LogP contribution in [-0.4, -0.2) is 34.8 Å². The third kappa shape index (κ3) is 4.10. The molecule has 0 saturated heterocycles. The summed E-state index contributed by atoms with van der Waals surface area (Å²) in [6.07, 6.45) is 10.4. The van der Waals surface area contributed by atoms with Gasteiger partial charge in [-0.25, -0.2) is 29.9 Å². The normalized spacial score (nSPS) is 10.8. The quantitative estimate of drug-likeness (QED) is 0.676. The highest BCUT2D eigenvalue weighted by Crippen LogP contribution is 2.07. The topological polar surface area (TPSA) is 80.6 Å². The molecule has 0 spiro atoms. The highest BCUT2D eigenvalue weighted by Gasteiger charge is 2.12. The average Bonchev–Trinajstić information content (AvgIpc) is 2.57. The van der Waals surface area contributed by atoms with Crippen molar-refractivity contribution < 1.29 is 0 Å². The molecule has 7 nitrogen and oxygen atoms in total. The van der Waals surface area contributed by atoms with E-state index < -0.39 is 0 Å². The maximum absolute atomic E-state index is 4.27. The fourth-order valence-electron chi connectivity index (χ4n) is 2.00. The molecule has 110 valence electrons. The van der Waals surface area contributed by atoms with Crippen LogP contribution in [0, 0.1) is 0 Å². The Hall–Kier alpha value is -2.80. The van der Waals surface area contributed by atoms with Gasteiger partial charge in [-0.2, -0.15) is 0 Å². The van der Waals surface area contributed by atoms with Crippen molar-refractivity contribution in [3.05, 3.63) is 72.9 Å². The van der Waals surface area contributed by atoms with Crippen LogP contribution < -0.4 is 0 Å². The maximum atomic E-state index is 4.27. The molecule has 0 fully saturated rings. The fourth-order valence-corrected chi connectivity index (χ4v) is 2.00. The molecule has 0 aromatic carbocycles. The number of rotatable bonds is 6. The molecule has 22 heavy (non-hydrogen) atoms. The second-order valence-electron chi connectivity index (χ2n) is 4.64. The molecule has 0 aliphatic carbocycles. The van der Waals surface area contributed by atoms with Gasteiger partial charge in [-0.3, -0.25) is 4.90 Å². The smallest absolute Gasteiger partial charge is 0.142 e. The van der Waals surface area contributed by atoms with Crippen LogP contribution in [0.3, 0.4) is 0 Å². The minimum Gasteiger partial charge on any atom is -0.281 e. The summed E-state index contributed by atoms with van der Waals surface area (Å²) in [5.74, 6) is 2.23. The van der Waals surface area contributed by atoms with Crippen molar-refractivity contribution in [2.45, 2.75) is 19.6 Å². The third-order valence-corrected chi connectivity index (χ3v) is 2.95. The van der Waals surface area contributed by atoms with Gasteiger partial charge in [0.05, 0.1) is 19.6 Å². The lowest BCUT2D eigenvalue weighted by atomic mass is 10.4. The van der Waals surface area contributed by atoms with Crippen LogP contribution in [0.5, 0.6) is 0 Å². The number of hydrogen-bond donors (Lipinski definition) is 0. The predicted octanol–water partition coefficient (Wildman–Crippen LogP) is 1.26. The van der Waals surface area contributed by atoms with E-state index in [1.54, 1.807) is 55.4 Å². The average molecular weight is 293 g/mol. The summed E-state index contributed by atoms with van der Waals surface area (Å²) in [6.45, 7) is 1.74. The fraction of sp³-hybridized carbons (Fsp3) is 0.200. The van der Waals surface area contributed by atoms with E-state index in [1.165, 1.54) is 0 Å². The van der Waals surface area contributed by atoms with Gasteiger partial charge in [0.1, 0.15) is 17.5 Å². The molecule has 0 unspecified atom stereocenters. The van der Waals surface area contributed by atoms with Crippen LogP contribution in [-0.2, 0) is 19.6 Å². The van der Waals surface area contributed by atoms with Crippen molar-refractivity contribution in [1.29, 1.82) is 0 Å². The monoisotopic (exact) mass is 293 g/mol. The molecule has 7 heteroatoms. The summed E-state index contributed by atoms with van der Waals surface area (Å²) < 4.78 is 0. The second-order valence-corrected chi connectivity index (χ2v) is 4.64. The Bertz CT molecular complexity index is 577. The largest absolute Gasteiger partial charge is 0.281 e. The number of aromatic nitrogens is 6. The van der Waals surface area contributed by atoms with E-state index in [4.69, 9.17) is 0 Å². The van der Waals surface area contributed by atoms with E-state index >= 15 is 0 Å². The summed E-state index contributed by atoms with van der Waals surface area (Å²) in [5, 5.41) is 0. The Kier molecular flexibility index (Phi) is 4.68. The summed E-state index contributed by atoms with van der Waals surface area (Å²) >= 11 is 0. The first-order chi connectivity index (χ1) is 10.9. The molecule has 3 heterocycles. The summed E-state index contributed by atoms with van der Waals surface area (Å²) in [6, 6.07) is 5.40. The molecule has 0 atom stereocenters. The van der Waals surface area contributed by atoms with Gasteiger partial charge in [0.15, 0.2) is 0 Å². The Morgan fingerprint density at radius 2 is 0.773 bits per heavy atom. The highest BCUT2D eigenvalue weighted by molar-refractivity contribution is 4.94. The molecule has 3 aromatic rings. The van der Waals surface area contributed by atoms with E-state index in [0.29, 0.717) is 19.6 Å². The Morgan fingerprint density at radius 1 is 0.500 bits per heavy atom. The highest BCUT2D eigenvalue weighted by atomic mass is 15.2. The van der Waals surface area contributed by atoms with E-state index in [2.05, 4.69) is 34.8 Å². The molecule has 3 aromatic heterocycles. The van der Waals surface area contributed by atoms with Crippen LogP contribution in [0.1, 0.15) is 17.5 Å². The minimum absolute atomic E-state index is 0.581. The van der Waals surface area contributed by atoms with Gasteiger partial charge < -0.3 is 0 Å². The molecule has 0 aliphatic heterocycles. The zero-order chi connectivity index (χ0) is 15.0. The van der Waals surface area contributed by atoms with Gasteiger partial charge in [-0.15, -0.1) is 0 Å². The van der Waals surface area contributed by atoms with Crippen molar-refractivity contribution >= 4 is 0 Å². The van der Waals surface area contributed by atoms with Crippen LogP contribution in [0.4, 0.5) is 0 Å². The van der Waals surface area contributed by atoms with Crippen LogP contribution in [0.25, 0.3) is 0 Å². The minimum atomic E-state index is 0.581. The van der Waals surface area contributed by atoms with Gasteiger partial charge in [-0.05, 0) is 18.2 Å². The molecule has 3 rings (SSSR count). The van der Waals surface area contributed by atoms with Gasteiger partial charge in [0.2, 0.25) is 0 Å². The van der Waals surface area contributed by atoms with Gasteiger partial charge in [-0.1, -0.05) is 0 Å². The van der Waals surface area contributed by atoms with Crippen molar-refractivity contribution in [1.82, 2.24) is 34.8 Å². The van der Waals surface area contributed by atoms with Gasteiger partial charge in [0, 0.05) is 37.2 Å². The van der Waals surface area contributed by atoms with Crippen molar-refractivity contribution in [2.24, 2.45) is 0 Å². The summed E-state index contributed by atoms with van der Waals surface area (Å²) in [5.41, 5.74) is 0. The molecule has 0 saturated carbocycles. The molecular weight excluding hydrogens is 278 g/mol. The molecule has 0 aliphatic rings. The predicted molar refractivity (Wildman–Crippen MR) is 79.0 cm³/mol. The Labute approximate surface area is 128 Å². The lowest BCUT2D eigenvalue weighted by molar-refractivity contribution is 0.229. The Morgan fingerprint density at radius 3 is 1.05 bits per heavy atom. The number of hydrogen-bond acceptors (Lipinski definition) is 7. The SMILES string of the molecule is c1cnc(CN(Cc2ncccn2)Cc2ncccn2)nc1. The molecule has 0 bridgehead atoms. The van der Waals surface area contributed by atoms with E-state index in [1.807, 2.05) is 0 Å². The van der Waals surface area contributed by atoms with Crippen molar-refractivity contribution in [3.63, 3.8) is 0 Å². The molecule has 0 radical (unpaired) electrons. The molecular formula is C15H15N7.